The standard InChI is InChI=1S/C28H30ClNO7/c1-15(2)28(36)37-27-16(3)24(33)26(35)21(30-14-18-9-10-19(29)12-22(18)31)13-23(32)25(34)20(27)11-17-7-5-4-6-8-17/h4-10,12,15-16,20-21,27,30-31H,11,13-14H2,1-3H3/t16-,20+,21+,27-/m1/s1. The summed E-state index contributed by atoms with van der Waals surface area (Å²) in [5.41, 5.74) is 1.11. The number of benzene rings is 2. The molecule has 2 N–H and O–H groups in total. The molecule has 8 nitrogen and oxygen atoms in total. The second-order valence-electron chi connectivity index (χ2n) is 9.57. The van der Waals surface area contributed by atoms with Crippen LogP contribution in [0.2, 0.25) is 5.02 Å². The number of ketones is 4. The number of carbonyl (C=O) groups excluding carboxylic acids is 5. The van der Waals surface area contributed by atoms with E-state index in [0.717, 1.165) is 5.56 Å². The van der Waals surface area contributed by atoms with Gasteiger partial charge in [-0.25, -0.2) is 0 Å². The van der Waals surface area contributed by atoms with Crippen molar-refractivity contribution in [1.29, 1.82) is 0 Å². The minimum atomic E-state index is -1.29. The first-order valence-corrected chi connectivity index (χ1v) is 12.5. The SMILES string of the molecule is CC(C)C(=O)O[C@@H]1[C@H](C)C(=O)C(=O)[C@@H](NCc2ccc(Cl)cc2O)CC(=O)C(=O)[C@@H]1Cc1ccccc1. The smallest absolute Gasteiger partial charge is 0.308 e. The number of hydrogen-bond donors (Lipinski definition) is 2. The van der Waals surface area contributed by atoms with Crippen LogP contribution in [-0.2, 0) is 41.7 Å². The van der Waals surface area contributed by atoms with Crippen LogP contribution in [0.1, 0.15) is 38.3 Å². The zero-order valence-electron chi connectivity index (χ0n) is 20.9. The summed E-state index contributed by atoms with van der Waals surface area (Å²) in [4.78, 5) is 65.6. The Morgan fingerprint density at radius 2 is 1.73 bits per heavy atom. The Bertz CT molecular complexity index is 1190. The molecule has 4 atom stereocenters. The molecule has 3 rings (SSSR count). The molecule has 0 radical (unpaired) electrons. The Hall–Kier alpha value is -3.36. The molecule has 2 aromatic carbocycles. The molecule has 0 heterocycles. The van der Waals surface area contributed by atoms with Gasteiger partial charge in [0.25, 0.3) is 0 Å². The highest BCUT2D eigenvalue weighted by Gasteiger charge is 2.46. The van der Waals surface area contributed by atoms with Crippen molar-refractivity contribution in [3.63, 3.8) is 0 Å². The van der Waals surface area contributed by atoms with E-state index in [2.05, 4.69) is 5.32 Å². The monoisotopic (exact) mass is 527 g/mol. The molecule has 1 aliphatic carbocycles. The lowest BCUT2D eigenvalue weighted by Crippen LogP contribution is -2.46. The normalized spacial score (nSPS) is 22.9. The second-order valence-corrected chi connectivity index (χ2v) is 10.0. The fraction of sp³-hybridized carbons (Fsp3) is 0.393. The molecule has 1 saturated carbocycles. The van der Waals surface area contributed by atoms with E-state index in [1.54, 1.807) is 56.3 Å². The molecule has 1 aliphatic rings. The summed E-state index contributed by atoms with van der Waals surface area (Å²) < 4.78 is 5.62. The topological polar surface area (TPSA) is 127 Å². The Morgan fingerprint density at radius 1 is 1.05 bits per heavy atom. The van der Waals surface area contributed by atoms with Gasteiger partial charge in [0.1, 0.15) is 11.9 Å². The lowest BCUT2D eigenvalue weighted by Gasteiger charge is -2.29. The van der Waals surface area contributed by atoms with E-state index in [0.29, 0.717) is 10.6 Å². The number of carbonyl (C=O) groups is 5. The molecule has 196 valence electrons. The first-order chi connectivity index (χ1) is 17.5. The second kappa shape index (κ2) is 12.3. The molecule has 0 bridgehead atoms. The predicted molar refractivity (Wildman–Crippen MR) is 136 cm³/mol. The first kappa shape index (κ1) is 28.2. The number of aromatic hydroxyl groups is 1. The summed E-state index contributed by atoms with van der Waals surface area (Å²) in [6.07, 6.45) is -1.77. The fourth-order valence-electron chi connectivity index (χ4n) is 4.24. The number of Topliss-reactive ketones (excluding diaryl/α,β-unsaturated/α-hetero) is 4. The molecule has 37 heavy (non-hydrogen) atoms. The Labute approximate surface area is 220 Å². The Morgan fingerprint density at radius 3 is 2.35 bits per heavy atom. The van der Waals surface area contributed by atoms with E-state index < -0.39 is 65.4 Å². The van der Waals surface area contributed by atoms with Crippen molar-refractivity contribution in [2.24, 2.45) is 17.8 Å². The minimum absolute atomic E-state index is 0.0538. The molecule has 1 fully saturated rings. The first-order valence-electron chi connectivity index (χ1n) is 12.1. The maximum Gasteiger partial charge on any atom is 0.308 e. The number of phenolic OH excluding ortho intramolecular Hbond substituents is 1. The number of esters is 1. The van der Waals surface area contributed by atoms with Gasteiger partial charge in [-0.05, 0) is 24.1 Å². The van der Waals surface area contributed by atoms with Gasteiger partial charge in [0.2, 0.25) is 23.1 Å². The minimum Gasteiger partial charge on any atom is -0.508 e. The van der Waals surface area contributed by atoms with Crippen molar-refractivity contribution in [3.8, 4) is 5.75 Å². The molecule has 0 amide bonds. The maximum atomic E-state index is 13.4. The molecular formula is C28H30ClNO7. The third kappa shape index (κ3) is 6.90. The van der Waals surface area contributed by atoms with Gasteiger partial charge >= 0.3 is 5.97 Å². The van der Waals surface area contributed by atoms with Gasteiger partial charge in [-0.1, -0.05) is 68.8 Å². The van der Waals surface area contributed by atoms with Gasteiger partial charge in [0.15, 0.2) is 0 Å². The van der Waals surface area contributed by atoms with Crippen molar-refractivity contribution < 1.29 is 33.8 Å². The number of hydrogen-bond acceptors (Lipinski definition) is 8. The van der Waals surface area contributed by atoms with E-state index in [-0.39, 0.29) is 18.7 Å². The fourth-order valence-corrected chi connectivity index (χ4v) is 4.41. The molecule has 0 spiro atoms. The van der Waals surface area contributed by atoms with Crippen molar-refractivity contribution in [3.05, 3.63) is 64.7 Å². The molecule has 2 aromatic rings. The van der Waals surface area contributed by atoms with Gasteiger partial charge in [-0.3, -0.25) is 24.0 Å². The van der Waals surface area contributed by atoms with Crippen LogP contribution in [-0.4, -0.2) is 46.4 Å². The summed E-state index contributed by atoms with van der Waals surface area (Å²) in [5.74, 6) is -7.00. The van der Waals surface area contributed by atoms with Crippen molar-refractivity contribution in [2.45, 2.75) is 52.3 Å². The lowest BCUT2D eigenvalue weighted by atomic mass is 9.81. The van der Waals surface area contributed by atoms with Crippen LogP contribution >= 0.6 is 11.6 Å². The molecule has 0 aromatic heterocycles. The van der Waals surface area contributed by atoms with Crippen LogP contribution in [0, 0.1) is 17.8 Å². The van der Waals surface area contributed by atoms with Crippen molar-refractivity contribution in [1.82, 2.24) is 5.32 Å². The molecular weight excluding hydrogens is 498 g/mol. The van der Waals surface area contributed by atoms with Gasteiger partial charge in [-0.15, -0.1) is 0 Å². The van der Waals surface area contributed by atoms with E-state index in [1.165, 1.54) is 13.0 Å². The summed E-state index contributed by atoms with van der Waals surface area (Å²) in [7, 11) is 0. The van der Waals surface area contributed by atoms with Crippen molar-refractivity contribution >= 4 is 40.7 Å². The third-order valence-electron chi connectivity index (χ3n) is 6.47. The Kier molecular flexibility index (Phi) is 9.34. The number of nitrogens with one attached hydrogen (secondary N) is 1. The molecule has 0 unspecified atom stereocenters. The van der Waals surface area contributed by atoms with Crippen LogP contribution in [0.15, 0.2) is 48.5 Å². The van der Waals surface area contributed by atoms with Crippen LogP contribution in [0.4, 0.5) is 0 Å². The molecule has 0 aliphatic heterocycles. The Balaban J connectivity index is 1.95. The van der Waals surface area contributed by atoms with E-state index in [4.69, 9.17) is 16.3 Å². The largest absolute Gasteiger partial charge is 0.508 e. The molecule has 9 heteroatoms. The number of ether oxygens (including phenoxy) is 1. The molecule has 0 saturated heterocycles. The average molecular weight is 528 g/mol. The zero-order chi connectivity index (χ0) is 27.3. The van der Waals surface area contributed by atoms with Gasteiger partial charge in [-0.2, -0.15) is 0 Å². The van der Waals surface area contributed by atoms with Crippen LogP contribution in [0.25, 0.3) is 0 Å². The lowest BCUT2D eigenvalue weighted by molar-refractivity contribution is -0.163. The number of halogens is 1. The van der Waals surface area contributed by atoms with Gasteiger partial charge in [0, 0.05) is 23.6 Å². The summed E-state index contributed by atoms with van der Waals surface area (Å²) >= 11 is 5.86. The average Bonchev–Trinajstić information content (AvgIpc) is 2.89. The number of rotatable bonds is 7. The van der Waals surface area contributed by atoms with Crippen LogP contribution in [0.5, 0.6) is 5.75 Å². The highest BCUT2D eigenvalue weighted by atomic mass is 35.5. The van der Waals surface area contributed by atoms with E-state index >= 15 is 0 Å². The summed E-state index contributed by atoms with van der Waals surface area (Å²) in [6, 6.07) is 12.0. The van der Waals surface area contributed by atoms with Gasteiger partial charge < -0.3 is 15.2 Å². The van der Waals surface area contributed by atoms with E-state index in [9.17, 15) is 29.1 Å². The van der Waals surface area contributed by atoms with Crippen LogP contribution in [0.3, 0.4) is 0 Å². The predicted octanol–water partition coefficient (Wildman–Crippen LogP) is 3.25. The highest BCUT2D eigenvalue weighted by Crippen LogP contribution is 2.28. The van der Waals surface area contributed by atoms with Gasteiger partial charge in [0.05, 0.1) is 23.8 Å². The highest BCUT2D eigenvalue weighted by molar-refractivity contribution is 6.44. The van der Waals surface area contributed by atoms with Crippen molar-refractivity contribution in [2.75, 3.05) is 0 Å². The quantitative estimate of drug-likeness (QED) is 0.415. The summed E-state index contributed by atoms with van der Waals surface area (Å²) in [6.45, 7) is 4.60. The summed E-state index contributed by atoms with van der Waals surface area (Å²) in [5, 5.41) is 13.3. The maximum absolute atomic E-state index is 13.4. The van der Waals surface area contributed by atoms with E-state index in [1.807, 2.05) is 0 Å². The number of phenols is 1. The zero-order valence-corrected chi connectivity index (χ0v) is 21.7. The third-order valence-corrected chi connectivity index (χ3v) is 6.71. The van der Waals surface area contributed by atoms with Crippen LogP contribution < -0.4 is 5.32 Å².